The van der Waals surface area contributed by atoms with Gasteiger partial charge in [0.1, 0.15) is 5.75 Å². The van der Waals surface area contributed by atoms with Crippen molar-refractivity contribution in [3.05, 3.63) is 24.8 Å². The van der Waals surface area contributed by atoms with E-state index in [1.54, 1.807) is 0 Å². The van der Waals surface area contributed by atoms with Crippen LogP contribution in [0.15, 0.2) is 12.1 Å². The lowest BCUT2D eigenvalue weighted by molar-refractivity contribution is 0.0892. The average molecular weight is 530 g/mol. The zero-order valence-corrected chi connectivity index (χ0v) is 17.0. The summed E-state index contributed by atoms with van der Waals surface area (Å²) in [6, 6.07) is 4.36. The van der Waals surface area contributed by atoms with Gasteiger partial charge >= 0.3 is 0 Å². The number of hydrogen-bond acceptors (Lipinski definition) is 4. The maximum atomic E-state index is 10.1. The van der Waals surface area contributed by atoms with E-state index >= 15 is 0 Å². The van der Waals surface area contributed by atoms with E-state index in [0.717, 1.165) is 45.2 Å². The Balaban J connectivity index is 1.71. The van der Waals surface area contributed by atoms with Gasteiger partial charge in [-0.05, 0) is 96.2 Å². The number of piperidine rings is 1. The number of nitrogens with zero attached hydrogens (tertiary/aromatic N) is 1. The topological polar surface area (TPSA) is 55.7 Å². The second-order valence-electron chi connectivity index (χ2n) is 5.79. The van der Waals surface area contributed by atoms with E-state index in [1.165, 1.54) is 12.8 Å². The Kier molecular flexibility index (Phi) is 8.16. The predicted molar refractivity (Wildman–Crippen MR) is 106 cm³/mol. The van der Waals surface area contributed by atoms with Crippen LogP contribution in [-0.2, 0) is 6.54 Å². The third kappa shape index (κ3) is 5.47. The first-order valence-electron chi connectivity index (χ1n) is 7.84. The van der Waals surface area contributed by atoms with Gasteiger partial charge in [-0.2, -0.15) is 0 Å². The van der Waals surface area contributed by atoms with Crippen molar-refractivity contribution in [3.63, 3.8) is 0 Å². The van der Waals surface area contributed by atoms with Crippen LogP contribution in [0.25, 0.3) is 0 Å². The van der Waals surface area contributed by atoms with Crippen molar-refractivity contribution in [1.29, 1.82) is 0 Å². The lowest BCUT2D eigenvalue weighted by Gasteiger charge is -2.34. The molecular formula is C16H24I2N2O2. The minimum Gasteiger partial charge on any atom is -0.507 e. The highest BCUT2D eigenvalue weighted by molar-refractivity contribution is 14.1. The smallest absolute Gasteiger partial charge is 0.133 e. The summed E-state index contributed by atoms with van der Waals surface area (Å²) in [5, 5.41) is 22.9. The van der Waals surface area contributed by atoms with Crippen molar-refractivity contribution >= 4 is 45.2 Å². The average Bonchev–Trinajstić information content (AvgIpc) is 2.51. The Labute approximate surface area is 159 Å². The largest absolute Gasteiger partial charge is 0.507 e. The third-order valence-corrected chi connectivity index (χ3v) is 5.63. The van der Waals surface area contributed by atoms with E-state index in [1.807, 2.05) is 12.1 Å². The summed E-state index contributed by atoms with van der Waals surface area (Å²) < 4.78 is 2.05. The molecule has 1 fully saturated rings. The van der Waals surface area contributed by atoms with Gasteiger partial charge in [-0.3, -0.25) is 4.90 Å². The van der Waals surface area contributed by atoms with Gasteiger partial charge in [-0.1, -0.05) is 6.42 Å². The Morgan fingerprint density at radius 3 is 2.86 bits per heavy atom. The molecule has 6 heteroatoms. The molecule has 1 aromatic rings. The normalized spacial score (nSPS) is 19.5. The third-order valence-electron chi connectivity index (χ3n) is 4.18. The molecule has 2 rings (SSSR count). The summed E-state index contributed by atoms with van der Waals surface area (Å²) in [6.07, 6.45) is 4.68. The summed E-state index contributed by atoms with van der Waals surface area (Å²) in [5.41, 5.74) is 0.961. The van der Waals surface area contributed by atoms with Crippen molar-refractivity contribution in [2.45, 2.75) is 38.3 Å². The molecule has 0 aromatic heterocycles. The molecule has 1 unspecified atom stereocenters. The first-order chi connectivity index (χ1) is 10.6. The van der Waals surface area contributed by atoms with Crippen LogP contribution in [-0.4, -0.2) is 47.4 Å². The standard InChI is InChI=1S/C16H24I2N2O2/c17-13-8-12(16(22)15(18)9-13)10-19-5-3-7-20-6-2-1-4-14(20)11-21/h8-9,14,19,21-22H,1-7,10-11H2. The highest BCUT2D eigenvalue weighted by atomic mass is 127. The minimum atomic E-state index is 0.280. The quantitative estimate of drug-likeness (QED) is 0.375. The Hall–Kier alpha value is 0.360. The molecule has 22 heavy (non-hydrogen) atoms. The van der Waals surface area contributed by atoms with Gasteiger partial charge in [0.15, 0.2) is 0 Å². The molecule has 124 valence electrons. The fraction of sp³-hybridized carbons (Fsp3) is 0.625. The lowest BCUT2D eigenvalue weighted by Crippen LogP contribution is -2.42. The number of nitrogens with one attached hydrogen (secondary N) is 1. The molecule has 0 aliphatic carbocycles. The molecule has 4 nitrogen and oxygen atoms in total. The zero-order valence-electron chi connectivity index (χ0n) is 12.7. The van der Waals surface area contributed by atoms with E-state index < -0.39 is 0 Å². The molecule has 1 aliphatic rings. The maximum Gasteiger partial charge on any atom is 0.133 e. The van der Waals surface area contributed by atoms with Crippen LogP contribution >= 0.6 is 45.2 Å². The molecule has 0 bridgehead atoms. The molecular weight excluding hydrogens is 506 g/mol. The van der Waals surface area contributed by atoms with Crippen LogP contribution < -0.4 is 5.32 Å². The van der Waals surface area contributed by atoms with Crippen LogP contribution in [0, 0.1) is 7.14 Å². The van der Waals surface area contributed by atoms with Crippen molar-refractivity contribution in [2.75, 3.05) is 26.2 Å². The number of aromatic hydroxyl groups is 1. The number of aliphatic hydroxyl groups is 1. The van der Waals surface area contributed by atoms with Gasteiger partial charge in [0.2, 0.25) is 0 Å². The van der Waals surface area contributed by atoms with Crippen LogP contribution in [0.3, 0.4) is 0 Å². The lowest BCUT2D eigenvalue weighted by atomic mass is 10.0. The van der Waals surface area contributed by atoms with E-state index in [-0.39, 0.29) is 6.61 Å². The van der Waals surface area contributed by atoms with Crippen LogP contribution in [0.2, 0.25) is 0 Å². The maximum absolute atomic E-state index is 10.1. The molecule has 0 spiro atoms. The SMILES string of the molecule is OCC1CCCCN1CCCNCc1cc(I)cc(I)c1O. The summed E-state index contributed by atoms with van der Waals surface area (Å²) >= 11 is 4.44. The second kappa shape index (κ2) is 9.61. The molecule has 1 saturated heterocycles. The zero-order chi connectivity index (χ0) is 15.9. The molecule has 1 heterocycles. The summed E-state index contributed by atoms with van der Waals surface area (Å²) in [6.45, 7) is 4.05. The van der Waals surface area contributed by atoms with Gasteiger partial charge in [0.05, 0.1) is 10.2 Å². The van der Waals surface area contributed by atoms with Crippen LogP contribution in [0.1, 0.15) is 31.2 Å². The number of benzene rings is 1. The molecule has 1 aliphatic heterocycles. The number of hydrogen-bond donors (Lipinski definition) is 3. The second-order valence-corrected chi connectivity index (χ2v) is 8.20. The van der Waals surface area contributed by atoms with Crippen LogP contribution in [0.5, 0.6) is 5.75 Å². The van der Waals surface area contributed by atoms with Crippen LogP contribution in [0.4, 0.5) is 0 Å². The van der Waals surface area contributed by atoms with Gasteiger partial charge in [-0.25, -0.2) is 0 Å². The fourth-order valence-corrected chi connectivity index (χ4v) is 4.91. The van der Waals surface area contributed by atoms with Gasteiger partial charge in [0, 0.05) is 21.7 Å². The molecule has 0 saturated carbocycles. The highest BCUT2D eigenvalue weighted by Gasteiger charge is 2.20. The Morgan fingerprint density at radius 2 is 2.09 bits per heavy atom. The first-order valence-corrected chi connectivity index (χ1v) is 10.00. The van der Waals surface area contributed by atoms with Crippen molar-refractivity contribution in [3.8, 4) is 5.75 Å². The molecule has 3 N–H and O–H groups in total. The minimum absolute atomic E-state index is 0.280. The van der Waals surface area contributed by atoms with Crippen molar-refractivity contribution in [2.24, 2.45) is 0 Å². The van der Waals surface area contributed by atoms with Crippen molar-refractivity contribution in [1.82, 2.24) is 10.2 Å². The van der Waals surface area contributed by atoms with Gasteiger partial charge in [0.25, 0.3) is 0 Å². The fourth-order valence-electron chi connectivity index (χ4n) is 2.95. The highest BCUT2D eigenvalue weighted by Crippen LogP contribution is 2.26. The summed E-state index contributed by atoms with van der Waals surface area (Å²) in [7, 11) is 0. The monoisotopic (exact) mass is 530 g/mol. The number of phenolic OH excluding ortho intramolecular Hbond substituents is 1. The Morgan fingerprint density at radius 1 is 1.27 bits per heavy atom. The number of rotatable bonds is 7. The molecule has 0 amide bonds. The summed E-state index contributed by atoms with van der Waals surface area (Å²) in [5.74, 6) is 0.393. The predicted octanol–water partition coefficient (Wildman–Crippen LogP) is 2.93. The van der Waals surface area contributed by atoms with Gasteiger partial charge in [-0.15, -0.1) is 0 Å². The number of likely N-dealkylation sites (tertiary alicyclic amines) is 1. The molecule has 1 aromatic carbocycles. The Bertz CT molecular complexity index is 485. The van der Waals surface area contributed by atoms with Gasteiger partial charge < -0.3 is 15.5 Å². The first kappa shape index (κ1) is 18.7. The van der Waals surface area contributed by atoms with Crippen molar-refractivity contribution < 1.29 is 10.2 Å². The molecule has 1 atom stereocenters. The van der Waals surface area contributed by atoms with E-state index in [4.69, 9.17) is 0 Å². The molecule has 0 radical (unpaired) electrons. The van der Waals surface area contributed by atoms with E-state index in [2.05, 4.69) is 55.4 Å². The number of aliphatic hydroxyl groups excluding tert-OH is 1. The van der Waals surface area contributed by atoms with E-state index in [0.29, 0.717) is 18.3 Å². The number of phenols is 1. The number of halogens is 2. The van der Waals surface area contributed by atoms with E-state index in [9.17, 15) is 10.2 Å². The summed E-state index contributed by atoms with van der Waals surface area (Å²) in [4.78, 5) is 2.41.